The van der Waals surface area contributed by atoms with Crippen LogP contribution in [0.2, 0.25) is 0 Å². The number of amides is 2. The number of nitrogens with zero attached hydrogens (tertiary/aromatic N) is 3. The van der Waals surface area contributed by atoms with Crippen LogP contribution in [0.4, 0.5) is 11.4 Å². The average molecular weight is 357 g/mol. The molecular formula is C22H19N3O2. The van der Waals surface area contributed by atoms with Gasteiger partial charge in [0, 0.05) is 37.4 Å². The number of rotatable bonds is 3. The summed E-state index contributed by atoms with van der Waals surface area (Å²) in [6.45, 7) is 0.639. The highest BCUT2D eigenvalue weighted by atomic mass is 16.2. The maximum Gasteiger partial charge on any atom is 0.259 e. The normalized spacial score (nSPS) is 12.6. The Kier molecular flexibility index (Phi) is 4.42. The first-order valence-electron chi connectivity index (χ1n) is 8.83. The Morgan fingerprint density at radius 2 is 1.67 bits per heavy atom. The highest BCUT2D eigenvalue weighted by molar-refractivity contribution is 6.10. The third-order valence-electron chi connectivity index (χ3n) is 4.81. The molecule has 5 heteroatoms. The summed E-state index contributed by atoms with van der Waals surface area (Å²) >= 11 is 0. The van der Waals surface area contributed by atoms with Crippen LogP contribution in [-0.2, 0) is 6.42 Å². The first-order chi connectivity index (χ1) is 13.1. The number of carbonyl (C=O) groups excluding carboxylic acids is 2. The van der Waals surface area contributed by atoms with Gasteiger partial charge in [0.2, 0.25) is 0 Å². The Hall–Kier alpha value is -3.47. The number of hydrogen-bond donors (Lipinski definition) is 0. The summed E-state index contributed by atoms with van der Waals surface area (Å²) < 4.78 is 0. The minimum atomic E-state index is -0.204. The summed E-state index contributed by atoms with van der Waals surface area (Å²) in [5, 5.41) is 0. The van der Waals surface area contributed by atoms with Crippen molar-refractivity contribution in [2.75, 3.05) is 23.4 Å². The summed E-state index contributed by atoms with van der Waals surface area (Å²) in [7, 11) is 1.71. The summed E-state index contributed by atoms with van der Waals surface area (Å²) in [5.74, 6) is -0.338. The highest BCUT2D eigenvalue weighted by Crippen LogP contribution is 2.29. The molecule has 0 bridgehead atoms. The lowest BCUT2D eigenvalue weighted by Crippen LogP contribution is -2.30. The van der Waals surface area contributed by atoms with Crippen molar-refractivity contribution >= 4 is 23.2 Å². The van der Waals surface area contributed by atoms with Gasteiger partial charge in [-0.05, 0) is 36.2 Å². The molecule has 0 spiro atoms. The zero-order chi connectivity index (χ0) is 18.8. The van der Waals surface area contributed by atoms with Gasteiger partial charge in [0.05, 0.1) is 11.1 Å². The van der Waals surface area contributed by atoms with E-state index in [9.17, 15) is 9.59 Å². The maximum absolute atomic E-state index is 13.0. The topological polar surface area (TPSA) is 53.5 Å². The fourth-order valence-electron chi connectivity index (χ4n) is 3.34. The number of anilines is 2. The van der Waals surface area contributed by atoms with Crippen molar-refractivity contribution in [1.29, 1.82) is 0 Å². The SMILES string of the molecule is CN(C(=O)c1cncc(C(=O)N2CCc3ccccc32)c1)c1ccccc1. The molecule has 1 aliphatic rings. The van der Waals surface area contributed by atoms with Crippen LogP contribution < -0.4 is 9.80 Å². The first kappa shape index (κ1) is 17.0. The molecule has 0 atom stereocenters. The summed E-state index contributed by atoms with van der Waals surface area (Å²) in [4.78, 5) is 33.2. The number of aromatic nitrogens is 1. The van der Waals surface area contributed by atoms with Crippen molar-refractivity contribution in [2.45, 2.75) is 6.42 Å². The predicted molar refractivity (Wildman–Crippen MR) is 105 cm³/mol. The summed E-state index contributed by atoms with van der Waals surface area (Å²) in [6.07, 6.45) is 3.85. The fourth-order valence-corrected chi connectivity index (χ4v) is 3.34. The number of hydrogen-bond acceptors (Lipinski definition) is 3. The van der Waals surface area contributed by atoms with Crippen molar-refractivity contribution < 1.29 is 9.59 Å². The van der Waals surface area contributed by atoms with Crippen LogP contribution in [0, 0.1) is 0 Å². The molecule has 2 amide bonds. The van der Waals surface area contributed by atoms with Crippen molar-refractivity contribution in [2.24, 2.45) is 0 Å². The van der Waals surface area contributed by atoms with E-state index in [4.69, 9.17) is 0 Å². The molecule has 27 heavy (non-hydrogen) atoms. The molecule has 3 aromatic rings. The van der Waals surface area contributed by atoms with E-state index in [1.165, 1.54) is 12.4 Å². The second-order valence-electron chi connectivity index (χ2n) is 6.50. The smallest absolute Gasteiger partial charge is 0.259 e. The maximum atomic E-state index is 13.0. The molecule has 1 aromatic heterocycles. The van der Waals surface area contributed by atoms with Gasteiger partial charge in [-0.2, -0.15) is 0 Å². The summed E-state index contributed by atoms with van der Waals surface area (Å²) in [6, 6.07) is 18.9. The van der Waals surface area contributed by atoms with E-state index in [0.717, 1.165) is 23.4 Å². The lowest BCUT2D eigenvalue weighted by atomic mass is 10.1. The van der Waals surface area contributed by atoms with Crippen LogP contribution in [0.15, 0.2) is 73.1 Å². The number of carbonyl (C=O) groups is 2. The van der Waals surface area contributed by atoms with Crippen LogP contribution in [0.3, 0.4) is 0 Å². The second-order valence-corrected chi connectivity index (χ2v) is 6.50. The van der Waals surface area contributed by atoms with E-state index in [-0.39, 0.29) is 11.8 Å². The predicted octanol–water partition coefficient (Wildman–Crippen LogP) is 3.56. The molecule has 0 saturated heterocycles. The standard InChI is InChI=1S/C22H19N3O2/c1-24(19-8-3-2-4-9-19)21(26)17-13-18(15-23-14-17)22(27)25-12-11-16-7-5-6-10-20(16)25/h2-10,13-15H,11-12H2,1H3. The molecule has 4 rings (SSSR count). The lowest BCUT2D eigenvalue weighted by molar-refractivity contribution is 0.0989. The molecule has 0 saturated carbocycles. The highest BCUT2D eigenvalue weighted by Gasteiger charge is 2.26. The quantitative estimate of drug-likeness (QED) is 0.720. The van der Waals surface area contributed by atoms with Gasteiger partial charge in [0.25, 0.3) is 11.8 Å². The van der Waals surface area contributed by atoms with Crippen molar-refractivity contribution in [3.63, 3.8) is 0 Å². The van der Waals surface area contributed by atoms with Crippen LogP contribution in [-0.4, -0.2) is 30.4 Å². The van der Waals surface area contributed by atoms with Crippen LogP contribution >= 0.6 is 0 Å². The molecule has 0 aliphatic carbocycles. The largest absolute Gasteiger partial charge is 0.311 e. The lowest BCUT2D eigenvalue weighted by Gasteiger charge is -2.19. The van der Waals surface area contributed by atoms with Crippen molar-refractivity contribution in [1.82, 2.24) is 4.98 Å². The van der Waals surface area contributed by atoms with Gasteiger partial charge in [-0.25, -0.2) is 0 Å². The Morgan fingerprint density at radius 1 is 0.963 bits per heavy atom. The Bertz CT molecular complexity index is 1000. The van der Waals surface area contributed by atoms with E-state index in [1.54, 1.807) is 22.9 Å². The molecule has 5 nitrogen and oxygen atoms in total. The first-order valence-corrected chi connectivity index (χ1v) is 8.83. The fraction of sp³-hybridized carbons (Fsp3) is 0.136. The van der Waals surface area contributed by atoms with E-state index in [1.807, 2.05) is 54.6 Å². The minimum Gasteiger partial charge on any atom is -0.311 e. The summed E-state index contributed by atoms with van der Waals surface area (Å²) in [5.41, 5.74) is 3.68. The third kappa shape index (κ3) is 3.19. The van der Waals surface area contributed by atoms with E-state index >= 15 is 0 Å². The molecule has 2 heterocycles. The molecule has 0 radical (unpaired) electrons. The van der Waals surface area contributed by atoms with Crippen LogP contribution in [0.25, 0.3) is 0 Å². The van der Waals surface area contributed by atoms with E-state index < -0.39 is 0 Å². The Labute approximate surface area is 157 Å². The molecule has 0 fully saturated rings. The molecule has 1 aliphatic heterocycles. The van der Waals surface area contributed by atoms with E-state index in [2.05, 4.69) is 4.98 Å². The van der Waals surface area contributed by atoms with Crippen molar-refractivity contribution in [3.8, 4) is 0 Å². The Morgan fingerprint density at radius 3 is 2.48 bits per heavy atom. The number of pyridine rings is 1. The molecule has 134 valence electrons. The molecule has 2 aromatic carbocycles. The van der Waals surface area contributed by atoms with Gasteiger partial charge in [-0.1, -0.05) is 36.4 Å². The zero-order valence-electron chi connectivity index (χ0n) is 15.0. The number of para-hydroxylation sites is 2. The van der Waals surface area contributed by atoms with Gasteiger partial charge < -0.3 is 9.80 Å². The second kappa shape index (κ2) is 7.03. The van der Waals surface area contributed by atoms with Gasteiger partial charge in [0.1, 0.15) is 0 Å². The van der Waals surface area contributed by atoms with Gasteiger partial charge >= 0.3 is 0 Å². The number of fused-ring (bicyclic) bond motifs is 1. The van der Waals surface area contributed by atoms with Crippen LogP contribution in [0.1, 0.15) is 26.3 Å². The number of benzene rings is 2. The van der Waals surface area contributed by atoms with Crippen LogP contribution in [0.5, 0.6) is 0 Å². The monoisotopic (exact) mass is 357 g/mol. The van der Waals surface area contributed by atoms with Gasteiger partial charge in [-0.15, -0.1) is 0 Å². The molecule has 0 unspecified atom stereocenters. The third-order valence-corrected chi connectivity index (χ3v) is 4.81. The van der Waals surface area contributed by atoms with Gasteiger partial charge in [-0.3, -0.25) is 14.6 Å². The average Bonchev–Trinajstić information content (AvgIpc) is 3.17. The van der Waals surface area contributed by atoms with E-state index in [0.29, 0.717) is 17.7 Å². The minimum absolute atomic E-state index is 0.135. The molecular weight excluding hydrogens is 338 g/mol. The Balaban J connectivity index is 1.60. The van der Waals surface area contributed by atoms with Gasteiger partial charge in [0.15, 0.2) is 0 Å². The zero-order valence-corrected chi connectivity index (χ0v) is 15.0. The van der Waals surface area contributed by atoms with Crippen molar-refractivity contribution in [3.05, 3.63) is 89.7 Å². The molecule has 0 N–H and O–H groups in total.